The molecule has 0 radical (unpaired) electrons. The maximum Gasteiger partial charge on any atom is 0.289 e. The van der Waals surface area contributed by atoms with Crippen molar-refractivity contribution in [2.45, 2.75) is 4.90 Å². The van der Waals surface area contributed by atoms with Gasteiger partial charge < -0.3 is 10.2 Å². The van der Waals surface area contributed by atoms with Crippen molar-refractivity contribution in [2.75, 3.05) is 31.5 Å². The van der Waals surface area contributed by atoms with Crippen molar-refractivity contribution in [1.29, 1.82) is 5.26 Å². The Morgan fingerprint density at radius 1 is 1.16 bits per heavy atom. The zero-order valence-corrected chi connectivity index (χ0v) is 18.2. The third kappa shape index (κ3) is 5.23. The molecule has 0 spiro atoms. The highest BCUT2D eigenvalue weighted by Gasteiger charge is 2.28. The summed E-state index contributed by atoms with van der Waals surface area (Å²) < 4.78 is 26.8. The number of nitriles is 1. The number of anilines is 1. The molecule has 1 amide bonds. The number of benzene rings is 2. The molecule has 0 aromatic heterocycles. The van der Waals surface area contributed by atoms with Crippen LogP contribution in [0.25, 0.3) is 0 Å². The maximum absolute atomic E-state index is 12.7. The second kappa shape index (κ2) is 9.78. The molecule has 1 aliphatic rings. The molecular formula is C20H18ClN5O5S. The summed E-state index contributed by atoms with van der Waals surface area (Å²) in [6.45, 7) is 0.961. The lowest BCUT2D eigenvalue weighted by molar-refractivity contribution is -0.384. The zero-order valence-electron chi connectivity index (χ0n) is 16.6. The van der Waals surface area contributed by atoms with E-state index >= 15 is 0 Å². The van der Waals surface area contributed by atoms with Crippen molar-refractivity contribution in [3.8, 4) is 6.07 Å². The number of amides is 1. The highest BCUT2D eigenvalue weighted by molar-refractivity contribution is 7.89. The molecule has 0 aliphatic carbocycles. The number of rotatable bonds is 6. The Kier molecular flexibility index (Phi) is 7.09. The summed E-state index contributed by atoms with van der Waals surface area (Å²) in [7, 11) is -3.62. The number of carbonyl (C=O) groups excluding carboxylic acids is 1. The van der Waals surface area contributed by atoms with Gasteiger partial charge in [0.15, 0.2) is 0 Å². The van der Waals surface area contributed by atoms with Crippen molar-refractivity contribution in [3.63, 3.8) is 0 Å². The SMILES string of the molecule is N#C/C(=C/N1CCN(S(=O)(=O)c2ccccc2)CC1)C(=O)Nc1ccc(Cl)c([N+](=O)[O-])c1. The number of carbonyl (C=O) groups is 1. The number of sulfonamides is 1. The van der Waals surface area contributed by atoms with E-state index in [-0.39, 0.29) is 53.0 Å². The van der Waals surface area contributed by atoms with E-state index in [4.69, 9.17) is 11.6 Å². The zero-order chi connectivity index (χ0) is 23.3. The number of nitro benzene ring substituents is 1. The molecular weight excluding hydrogens is 458 g/mol. The molecule has 1 saturated heterocycles. The lowest BCUT2D eigenvalue weighted by Crippen LogP contribution is -2.46. The third-order valence-electron chi connectivity index (χ3n) is 4.73. The first kappa shape index (κ1) is 23.2. The van der Waals surface area contributed by atoms with Crippen LogP contribution in [-0.2, 0) is 14.8 Å². The van der Waals surface area contributed by atoms with Crippen molar-refractivity contribution >= 4 is 38.9 Å². The molecule has 0 saturated carbocycles. The van der Waals surface area contributed by atoms with Gasteiger partial charge in [0.25, 0.3) is 11.6 Å². The van der Waals surface area contributed by atoms with Crippen LogP contribution in [0.1, 0.15) is 0 Å². The molecule has 0 atom stereocenters. The molecule has 3 rings (SSSR count). The first-order chi connectivity index (χ1) is 15.2. The normalized spacial score (nSPS) is 15.1. The summed E-state index contributed by atoms with van der Waals surface area (Å²) in [4.78, 5) is 24.7. The summed E-state index contributed by atoms with van der Waals surface area (Å²) >= 11 is 5.76. The second-order valence-electron chi connectivity index (χ2n) is 6.79. The number of nitrogens with one attached hydrogen (secondary N) is 1. The van der Waals surface area contributed by atoms with Crippen LogP contribution in [0.5, 0.6) is 0 Å². The second-order valence-corrected chi connectivity index (χ2v) is 9.13. The Balaban J connectivity index is 1.66. The first-order valence-electron chi connectivity index (χ1n) is 9.39. The molecule has 12 heteroatoms. The molecule has 2 aromatic rings. The number of piperazine rings is 1. The molecule has 166 valence electrons. The average Bonchev–Trinajstić information content (AvgIpc) is 2.79. The van der Waals surface area contributed by atoms with Gasteiger partial charge in [-0.25, -0.2) is 8.42 Å². The lowest BCUT2D eigenvalue weighted by Gasteiger charge is -2.33. The van der Waals surface area contributed by atoms with Crippen molar-refractivity contribution < 1.29 is 18.1 Å². The fourth-order valence-corrected chi connectivity index (χ4v) is 4.69. The van der Waals surface area contributed by atoms with Gasteiger partial charge in [-0.3, -0.25) is 14.9 Å². The molecule has 1 N–H and O–H groups in total. The van der Waals surface area contributed by atoms with Gasteiger partial charge in [-0.2, -0.15) is 9.57 Å². The van der Waals surface area contributed by atoms with E-state index in [2.05, 4.69) is 5.32 Å². The summed E-state index contributed by atoms with van der Waals surface area (Å²) in [6, 6.07) is 13.7. The van der Waals surface area contributed by atoms with Gasteiger partial charge in [0.1, 0.15) is 16.7 Å². The van der Waals surface area contributed by atoms with Gasteiger partial charge in [-0.15, -0.1) is 0 Å². The van der Waals surface area contributed by atoms with Crippen LogP contribution in [0.4, 0.5) is 11.4 Å². The summed E-state index contributed by atoms with van der Waals surface area (Å²) in [5.74, 6) is -0.747. The first-order valence-corrected chi connectivity index (χ1v) is 11.2. The van der Waals surface area contributed by atoms with Crippen LogP contribution in [0.2, 0.25) is 5.02 Å². The van der Waals surface area contributed by atoms with E-state index < -0.39 is 20.9 Å². The van der Waals surface area contributed by atoms with Gasteiger partial charge >= 0.3 is 0 Å². The molecule has 0 unspecified atom stereocenters. The van der Waals surface area contributed by atoms with Gasteiger partial charge in [0.2, 0.25) is 10.0 Å². The van der Waals surface area contributed by atoms with E-state index in [0.717, 1.165) is 6.07 Å². The van der Waals surface area contributed by atoms with Crippen LogP contribution >= 0.6 is 11.6 Å². The lowest BCUT2D eigenvalue weighted by atomic mass is 10.2. The van der Waals surface area contributed by atoms with Crippen molar-refractivity contribution in [2.24, 2.45) is 0 Å². The van der Waals surface area contributed by atoms with E-state index in [1.807, 2.05) is 0 Å². The summed E-state index contributed by atoms with van der Waals surface area (Å²) in [5.41, 5.74) is -0.476. The Labute approximate surface area is 189 Å². The Morgan fingerprint density at radius 2 is 1.81 bits per heavy atom. The van der Waals surface area contributed by atoms with E-state index in [1.54, 1.807) is 29.2 Å². The van der Waals surface area contributed by atoms with Gasteiger partial charge in [-0.05, 0) is 24.3 Å². The van der Waals surface area contributed by atoms with Crippen molar-refractivity contribution in [3.05, 3.63) is 75.4 Å². The standard InChI is InChI=1S/C20H18ClN5O5S/c21-18-7-6-16(12-19(18)26(28)29)23-20(27)15(13-22)14-24-8-10-25(11-9-24)32(30,31)17-4-2-1-3-5-17/h1-7,12,14H,8-11H2,(H,23,27)/b15-14-. The number of nitro groups is 1. The molecule has 1 aliphatic heterocycles. The predicted molar refractivity (Wildman–Crippen MR) is 117 cm³/mol. The highest BCUT2D eigenvalue weighted by atomic mass is 35.5. The maximum atomic E-state index is 12.7. The monoisotopic (exact) mass is 475 g/mol. The van der Waals surface area contributed by atoms with E-state index in [9.17, 15) is 28.6 Å². The number of hydrogen-bond acceptors (Lipinski definition) is 7. The van der Waals surface area contributed by atoms with E-state index in [1.165, 1.54) is 34.8 Å². The predicted octanol–water partition coefficient (Wildman–Crippen LogP) is 2.60. The molecule has 1 heterocycles. The smallest absolute Gasteiger partial charge is 0.289 e. The largest absolute Gasteiger partial charge is 0.373 e. The molecule has 10 nitrogen and oxygen atoms in total. The Bertz CT molecular complexity index is 1200. The minimum atomic E-state index is -3.62. The van der Waals surface area contributed by atoms with Gasteiger partial charge in [-0.1, -0.05) is 29.8 Å². The van der Waals surface area contributed by atoms with Crippen molar-refractivity contribution in [1.82, 2.24) is 9.21 Å². The minimum absolute atomic E-state index is 0.0765. The highest BCUT2D eigenvalue weighted by Crippen LogP contribution is 2.27. The Morgan fingerprint density at radius 3 is 2.41 bits per heavy atom. The van der Waals surface area contributed by atoms with Gasteiger partial charge in [0.05, 0.1) is 9.82 Å². The van der Waals surface area contributed by atoms with Gasteiger partial charge in [0, 0.05) is 44.1 Å². The topological polar surface area (TPSA) is 137 Å². The Hall–Kier alpha value is -3.46. The third-order valence-corrected chi connectivity index (χ3v) is 6.96. The molecule has 0 bridgehead atoms. The minimum Gasteiger partial charge on any atom is -0.373 e. The van der Waals surface area contributed by atoms with Crippen LogP contribution in [0.15, 0.2) is 65.2 Å². The fourth-order valence-electron chi connectivity index (χ4n) is 3.06. The number of nitrogens with zero attached hydrogens (tertiary/aromatic N) is 4. The summed E-state index contributed by atoms with van der Waals surface area (Å²) in [6.07, 6.45) is 1.35. The van der Waals surface area contributed by atoms with E-state index in [0.29, 0.717) is 0 Å². The van der Waals surface area contributed by atoms with Crippen LogP contribution in [0, 0.1) is 21.4 Å². The average molecular weight is 476 g/mol. The number of halogens is 1. The van der Waals surface area contributed by atoms with Crippen LogP contribution < -0.4 is 5.32 Å². The molecule has 2 aromatic carbocycles. The fraction of sp³-hybridized carbons (Fsp3) is 0.200. The van der Waals surface area contributed by atoms with Crippen LogP contribution in [0.3, 0.4) is 0 Å². The van der Waals surface area contributed by atoms with Crippen LogP contribution in [-0.4, -0.2) is 54.6 Å². The number of hydrogen-bond donors (Lipinski definition) is 1. The quantitative estimate of drug-likeness (QED) is 0.293. The molecule has 1 fully saturated rings. The molecule has 32 heavy (non-hydrogen) atoms. The summed E-state index contributed by atoms with van der Waals surface area (Å²) in [5, 5.41) is 22.7.